The minimum atomic E-state index is -3.21. The third-order valence-corrected chi connectivity index (χ3v) is 1.83. The molecule has 78 valence electrons. The van der Waals surface area contributed by atoms with Crippen molar-refractivity contribution in [1.29, 1.82) is 0 Å². The van der Waals surface area contributed by atoms with E-state index in [1.807, 2.05) is 0 Å². The smallest absolute Gasteiger partial charge is 0.297 e. The molecule has 14 heavy (non-hydrogen) atoms. The molecule has 0 unspecified atom stereocenters. The number of nitrogens with zero attached hydrogens (tertiary/aromatic N) is 2. The van der Waals surface area contributed by atoms with Crippen LogP contribution in [0, 0.1) is 0 Å². The zero-order valence-electron chi connectivity index (χ0n) is 8.04. The van der Waals surface area contributed by atoms with E-state index >= 15 is 0 Å². The van der Waals surface area contributed by atoms with Crippen LogP contribution in [-0.4, -0.2) is 30.8 Å². The van der Waals surface area contributed by atoms with E-state index in [2.05, 4.69) is 4.98 Å². The zero-order chi connectivity index (χ0) is 10.8. The van der Waals surface area contributed by atoms with Crippen LogP contribution in [0.3, 0.4) is 0 Å². The number of halogens is 2. The molecule has 5 heteroatoms. The molecule has 0 aliphatic carbocycles. The second-order valence-corrected chi connectivity index (χ2v) is 3.16. The predicted octanol–water partition coefficient (Wildman–Crippen LogP) is 1.23. The lowest BCUT2D eigenvalue weighted by Crippen LogP contribution is -2.19. The highest BCUT2D eigenvalue weighted by atomic mass is 19.3. The van der Waals surface area contributed by atoms with E-state index < -0.39 is 12.5 Å². The van der Waals surface area contributed by atoms with Gasteiger partial charge < -0.3 is 10.0 Å². The standard InChI is InChI=1S/C9H12F2N2O/c1-13(2)8-4-3-7(5-12-8)9(10,11)6-14/h3-5,14H,6H2,1-2H3. The molecule has 0 radical (unpaired) electrons. The maximum absolute atomic E-state index is 12.9. The third-order valence-electron chi connectivity index (χ3n) is 1.83. The number of aromatic nitrogens is 1. The molecule has 1 heterocycles. The summed E-state index contributed by atoms with van der Waals surface area (Å²) in [6.07, 6.45) is 1.07. The Bertz CT molecular complexity index is 298. The Labute approximate surface area is 81.0 Å². The number of anilines is 1. The van der Waals surface area contributed by atoms with Gasteiger partial charge in [-0.25, -0.2) is 4.98 Å². The van der Waals surface area contributed by atoms with Crippen molar-refractivity contribution in [3.8, 4) is 0 Å². The van der Waals surface area contributed by atoms with Crippen molar-refractivity contribution in [2.24, 2.45) is 0 Å². The van der Waals surface area contributed by atoms with Gasteiger partial charge in [0.25, 0.3) is 5.92 Å². The summed E-state index contributed by atoms with van der Waals surface area (Å²) in [7, 11) is 3.54. The molecule has 0 amide bonds. The van der Waals surface area contributed by atoms with Crippen molar-refractivity contribution >= 4 is 5.82 Å². The first-order valence-electron chi connectivity index (χ1n) is 4.10. The summed E-state index contributed by atoms with van der Waals surface area (Å²) in [5, 5.41) is 8.44. The van der Waals surface area contributed by atoms with Crippen molar-refractivity contribution in [2.75, 3.05) is 25.6 Å². The van der Waals surface area contributed by atoms with Crippen LogP contribution in [0.4, 0.5) is 14.6 Å². The second kappa shape index (κ2) is 3.88. The van der Waals surface area contributed by atoms with Crippen LogP contribution < -0.4 is 4.90 Å². The summed E-state index contributed by atoms with van der Waals surface area (Å²) >= 11 is 0. The Morgan fingerprint density at radius 3 is 2.43 bits per heavy atom. The zero-order valence-corrected chi connectivity index (χ0v) is 8.04. The quantitative estimate of drug-likeness (QED) is 0.800. The number of pyridine rings is 1. The molecule has 0 aromatic carbocycles. The summed E-state index contributed by atoms with van der Waals surface area (Å²) < 4.78 is 25.8. The first-order valence-corrected chi connectivity index (χ1v) is 4.10. The topological polar surface area (TPSA) is 36.4 Å². The van der Waals surface area contributed by atoms with Crippen LogP contribution in [-0.2, 0) is 5.92 Å². The van der Waals surface area contributed by atoms with Gasteiger partial charge in [0, 0.05) is 25.9 Å². The molecule has 0 spiro atoms. The van der Waals surface area contributed by atoms with Gasteiger partial charge in [0.2, 0.25) is 0 Å². The van der Waals surface area contributed by atoms with E-state index in [1.165, 1.54) is 12.1 Å². The van der Waals surface area contributed by atoms with Gasteiger partial charge in [0.05, 0.1) is 0 Å². The first kappa shape index (κ1) is 10.8. The van der Waals surface area contributed by atoms with Gasteiger partial charge in [-0.3, -0.25) is 0 Å². The maximum Gasteiger partial charge on any atom is 0.297 e. The molecule has 0 aliphatic heterocycles. The molecular weight excluding hydrogens is 190 g/mol. The molecule has 1 aromatic rings. The Morgan fingerprint density at radius 2 is 2.07 bits per heavy atom. The second-order valence-electron chi connectivity index (χ2n) is 3.16. The van der Waals surface area contributed by atoms with E-state index in [-0.39, 0.29) is 5.56 Å². The van der Waals surface area contributed by atoms with Gasteiger partial charge in [-0.1, -0.05) is 0 Å². The summed E-state index contributed by atoms with van der Waals surface area (Å²) in [6.45, 7) is -1.20. The van der Waals surface area contributed by atoms with E-state index in [4.69, 9.17) is 5.11 Å². The summed E-state index contributed by atoms with van der Waals surface area (Å²) in [5.74, 6) is -2.61. The fourth-order valence-electron chi connectivity index (χ4n) is 0.958. The normalized spacial score (nSPS) is 11.5. The average molecular weight is 202 g/mol. The molecule has 1 aromatic heterocycles. The fraction of sp³-hybridized carbons (Fsp3) is 0.444. The number of aliphatic hydroxyl groups excluding tert-OH is 1. The molecule has 0 saturated heterocycles. The van der Waals surface area contributed by atoms with Gasteiger partial charge in [-0.2, -0.15) is 8.78 Å². The Kier molecular flexibility index (Phi) is 3.00. The van der Waals surface area contributed by atoms with Crippen LogP contribution >= 0.6 is 0 Å². The first-order chi connectivity index (χ1) is 6.47. The van der Waals surface area contributed by atoms with Crippen molar-refractivity contribution in [3.05, 3.63) is 23.9 Å². The number of aliphatic hydroxyl groups is 1. The number of rotatable bonds is 3. The van der Waals surface area contributed by atoms with E-state index in [0.29, 0.717) is 5.82 Å². The molecule has 0 aliphatic rings. The van der Waals surface area contributed by atoms with Crippen molar-refractivity contribution < 1.29 is 13.9 Å². The number of alkyl halides is 2. The number of hydrogen-bond donors (Lipinski definition) is 1. The van der Waals surface area contributed by atoms with Gasteiger partial charge in [-0.05, 0) is 12.1 Å². The van der Waals surface area contributed by atoms with Gasteiger partial charge in [0.15, 0.2) is 0 Å². The van der Waals surface area contributed by atoms with E-state index in [1.54, 1.807) is 19.0 Å². The Hall–Kier alpha value is -1.23. The molecule has 1 N–H and O–H groups in total. The van der Waals surface area contributed by atoms with Crippen LogP contribution in [0.15, 0.2) is 18.3 Å². The molecule has 3 nitrogen and oxygen atoms in total. The lowest BCUT2D eigenvalue weighted by molar-refractivity contribution is -0.0558. The van der Waals surface area contributed by atoms with Gasteiger partial charge in [0.1, 0.15) is 12.4 Å². The molecular formula is C9H12F2N2O. The minimum Gasteiger partial charge on any atom is -0.390 e. The number of hydrogen-bond acceptors (Lipinski definition) is 3. The van der Waals surface area contributed by atoms with Crippen molar-refractivity contribution in [3.63, 3.8) is 0 Å². The highest BCUT2D eigenvalue weighted by molar-refractivity contribution is 5.38. The highest BCUT2D eigenvalue weighted by Gasteiger charge is 2.30. The van der Waals surface area contributed by atoms with Crippen LogP contribution in [0.25, 0.3) is 0 Å². The minimum absolute atomic E-state index is 0.273. The summed E-state index contributed by atoms with van der Waals surface area (Å²) in [5.41, 5.74) is -0.273. The lowest BCUT2D eigenvalue weighted by Gasteiger charge is -2.15. The predicted molar refractivity (Wildman–Crippen MR) is 49.5 cm³/mol. The van der Waals surface area contributed by atoms with E-state index in [9.17, 15) is 8.78 Å². The summed E-state index contributed by atoms with van der Waals surface area (Å²) in [4.78, 5) is 5.54. The summed E-state index contributed by atoms with van der Waals surface area (Å²) in [6, 6.07) is 2.75. The van der Waals surface area contributed by atoms with Gasteiger partial charge >= 0.3 is 0 Å². The van der Waals surface area contributed by atoms with E-state index in [0.717, 1.165) is 6.20 Å². The molecule has 0 atom stereocenters. The van der Waals surface area contributed by atoms with Gasteiger partial charge in [-0.15, -0.1) is 0 Å². The maximum atomic E-state index is 12.9. The fourth-order valence-corrected chi connectivity index (χ4v) is 0.958. The van der Waals surface area contributed by atoms with Crippen LogP contribution in [0.2, 0.25) is 0 Å². The third kappa shape index (κ3) is 2.17. The molecule has 0 saturated carbocycles. The molecule has 0 fully saturated rings. The van der Waals surface area contributed by atoms with Crippen LogP contribution in [0.5, 0.6) is 0 Å². The molecule has 0 bridgehead atoms. The van der Waals surface area contributed by atoms with Crippen molar-refractivity contribution in [1.82, 2.24) is 4.98 Å². The lowest BCUT2D eigenvalue weighted by atomic mass is 10.1. The highest BCUT2D eigenvalue weighted by Crippen LogP contribution is 2.27. The SMILES string of the molecule is CN(C)c1ccc(C(F)(F)CO)cn1. The Balaban J connectivity index is 2.94. The monoisotopic (exact) mass is 202 g/mol. The Morgan fingerprint density at radius 1 is 1.43 bits per heavy atom. The van der Waals surface area contributed by atoms with Crippen molar-refractivity contribution in [2.45, 2.75) is 5.92 Å². The largest absolute Gasteiger partial charge is 0.390 e. The van der Waals surface area contributed by atoms with Crippen LogP contribution in [0.1, 0.15) is 5.56 Å². The average Bonchev–Trinajstić information content (AvgIpc) is 2.18. The molecule has 1 rings (SSSR count).